The van der Waals surface area contributed by atoms with Gasteiger partial charge in [-0.25, -0.2) is 4.79 Å². The topological polar surface area (TPSA) is 66.4 Å². The van der Waals surface area contributed by atoms with Gasteiger partial charge in [-0.2, -0.15) is 5.10 Å². The van der Waals surface area contributed by atoms with Crippen molar-refractivity contribution >= 4 is 23.5 Å². The average molecular weight is 241 g/mol. The van der Waals surface area contributed by atoms with E-state index in [1.54, 1.807) is 19.2 Å². The summed E-state index contributed by atoms with van der Waals surface area (Å²) in [6.45, 7) is 0.242. The third-order valence-electron chi connectivity index (χ3n) is 2.24. The van der Waals surface area contributed by atoms with Gasteiger partial charge in [-0.15, -0.1) is 5.10 Å². The van der Waals surface area contributed by atoms with Crippen molar-refractivity contribution in [2.45, 2.75) is 6.54 Å². The Balaban J connectivity index is 2.13. The Hall–Kier alpha value is -1.69. The molecule has 7 heteroatoms. The summed E-state index contributed by atoms with van der Waals surface area (Å²) in [7, 11) is 1.58. The van der Waals surface area contributed by atoms with Crippen LogP contribution in [0.4, 0.5) is 4.79 Å². The largest absolute Gasteiger partial charge is 0.327 e. The van der Waals surface area contributed by atoms with Crippen LogP contribution in [0.15, 0.2) is 12.1 Å². The molecule has 0 saturated carbocycles. The van der Waals surface area contributed by atoms with Gasteiger partial charge >= 0.3 is 6.03 Å². The van der Waals surface area contributed by atoms with E-state index in [9.17, 15) is 9.59 Å². The molecule has 0 aliphatic carbocycles. The van der Waals surface area contributed by atoms with E-state index in [4.69, 9.17) is 11.6 Å². The van der Waals surface area contributed by atoms with Crippen molar-refractivity contribution in [3.8, 4) is 0 Å². The molecule has 1 aromatic rings. The first-order valence-electron chi connectivity index (χ1n) is 4.61. The molecule has 6 nitrogen and oxygen atoms in total. The zero-order valence-electron chi connectivity index (χ0n) is 8.55. The zero-order valence-corrected chi connectivity index (χ0v) is 9.31. The fourth-order valence-corrected chi connectivity index (χ4v) is 1.52. The van der Waals surface area contributed by atoms with Gasteiger partial charge in [0.1, 0.15) is 6.54 Å². The maximum absolute atomic E-state index is 11.5. The Morgan fingerprint density at radius 1 is 1.38 bits per heavy atom. The molecule has 0 bridgehead atoms. The third kappa shape index (κ3) is 1.96. The van der Waals surface area contributed by atoms with Crippen LogP contribution in [0, 0.1) is 0 Å². The van der Waals surface area contributed by atoms with Crippen LogP contribution < -0.4 is 0 Å². The summed E-state index contributed by atoms with van der Waals surface area (Å²) in [5.74, 6) is -0.232. The van der Waals surface area contributed by atoms with E-state index in [0.717, 1.165) is 4.90 Å². The van der Waals surface area contributed by atoms with E-state index in [-0.39, 0.29) is 30.2 Å². The fraction of sp³-hybridized carbons (Fsp3) is 0.333. The number of nitrogens with zero attached hydrogens (tertiary/aromatic N) is 4. The first-order chi connectivity index (χ1) is 7.58. The van der Waals surface area contributed by atoms with Gasteiger partial charge in [-0.3, -0.25) is 9.69 Å². The lowest BCUT2D eigenvalue weighted by Crippen LogP contribution is -2.31. The molecule has 0 spiro atoms. The summed E-state index contributed by atoms with van der Waals surface area (Å²) in [6.07, 6.45) is 0. The van der Waals surface area contributed by atoms with Crippen LogP contribution in [0.3, 0.4) is 0 Å². The molecule has 2 heterocycles. The number of imide groups is 1. The maximum atomic E-state index is 11.5. The molecule has 2 rings (SSSR count). The van der Waals surface area contributed by atoms with E-state index in [0.29, 0.717) is 5.69 Å². The molecule has 0 atom stereocenters. The molecule has 0 radical (unpaired) electrons. The molecular weight excluding hydrogens is 232 g/mol. The van der Waals surface area contributed by atoms with E-state index in [1.807, 2.05) is 0 Å². The van der Waals surface area contributed by atoms with Gasteiger partial charge in [0, 0.05) is 7.05 Å². The van der Waals surface area contributed by atoms with Crippen molar-refractivity contribution in [2.75, 3.05) is 13.6 Å². The summed E-state index contributed by atoms with van der Waals surface area (Å²) in [6, 6.07) is 2.88. The highest BCUT2D eigenvalue weighted by Crippen LogP contribution is 2.12. The van der Waals surface area contributed by atoms with Crippen molar-refractivity contribution < 1.29 is 9.59 Å². The lowest BCUT2D eigenvalue weighted by atomic mass is 10.3. The monoisotopic (exact) mass is 240 g/mol. The molecule has 1 aromatic heterocycles. The molecule has 16 heavy (non-hydrogen) atoms. The van der Waals surface area contributed by atoms with Crippen LogP contribution in [0.2, 0.25) is 5.15 Å². The average Bonchev–Trinajstić information content (AvgIpc) is 2.48. The summed E-state index contributed by atoms with van der Waals surface area (Å²) < 4.78 is 0. The molecule has 84 valence electrons. The minimum atomic E-state index is -0.318. The number of halogens is 1. The van der Waals surface area contributed by atoms with Gasteiger partial charge < -0.3 is 4.90 Å². The van der Waals surface area contributed by atoms with Crippen LogP contribution in [-0.2, 0) is 11.3 Å². The number of urea groups is 1. The van der Waals surface area contributed by atoms with Crippen LogP contribution in [0.25, 0.3) is 0 Å². The minimum Gasteiger partial charge on any atom is -0.318 e. The summed E-state index contributed by atoms with van der Waals surface area (Å²) >= 11 is 5.58. The molecule has 0 aromatic carbocycles. The van der Waals surface area contributed by atoms with E-state index >= 15 is 0 Å². The predicted molar refractivity (Wildman–Crippen MR) is 55.6 cm³/mol. The van der Waals surface area contributed by atoms with Crippen molar-refractivity contribution in [1.82, 2.24) is 20.0 Å². The van der Waals surface area contributed by atoms with Crippen LogP contribution in [0.5, 0.6) is 0 Å². The molecule has 1 fully saturated rings. The third-order valence-corrected chi connectivity index (χ3v) is 2.44. The van der Waals surface area contributed by atoms with Crippen LogP contribution >= 0.6 is 11.6 Å². The minimum absolute atomic E-state index is 0.111. The standard InChI is InChI=1S/C9H9ClN4O2/c1-13-5-8(15)14(9(13)16)4-6-2-3-7(10)12-11-6/h2-3H,4-5H2,1H3. The smallest absolute Gasteiger partial charge is 0.318 e. The normalized spacial score (nSPS) is 16.1. The number of aromatic nitrogens is 2. The van der Waals surface area contributed by atoms with Gasteiger partial charge in [0.2, 0.25) is 0 Å². The van der Waals surface area contributed by atoms with Gasteiger partial charge in [0.05, 0.1) is 12.2 Å². The van der Waals surface area contributed by atoms with Gasteiger partial charge in [-0.05, 0) is 12.1 Å². The number of likely N-dealkylation sites (N-methyl/N-ethyl adjacent to an activating group) is 1. The molecule has 1 aliphatic rings. The number of carbonyl (C=O) groups is 2. The molecule has 1 aliphatic heterocycles. The number of hydrogen-bond acceptors (Lipinski definition) is 4. The fourth-order valence-electron chi connectivity index (χ4n) is 1.41. The van der Waals surface area contributed by atoms with Crippen LogP contribution in [-0.4, -0.2) is 45.5 Å². The Kier molecular flexibility index (Phi) is 2.74. The highest BCUT2D eigenvalue weighted by atomic mass is 35.5. The quantitative estimate of drug-likeness (QED) is 0.707. The molecule has 1 saturated heterocycles. The lowest BCUT2D eigenvalue weighted by molar-refractivity contribution is -0.125. The number of amides is 3. The Morgan fingerprint density at radius 2 is 2.12 bits per heavy atom. The lowest BCUT2D eigenvalue weighted by Gasteiger charge is -2.12. The van der Waals surface area contributed by atoms with Gasteiger partial charge in [0.25, 0.3) is 5.91 Å². The van der Waals surface area contributed by atoms with Crippen molar-refractivity contribution in [1.29, 1.82) is 0 Å². The second kappa shape index (κ2) is 4.05. The number of hydrogen-bond donors (Lipinski definition) is 0. The van der Waals surface area contributed by atoms with Crippen LogP contribution in [0.1, 0.15) is 5.69 Å². The summed E-state index contributed by atoms with van der Waals surface area (Å²) in [5, 5.41) is 7.71. The maximum Gasteiger partial charge on any atom is 0.327 e. The summed E-state index contributed by atoms with van der Waals surface area (Å²) in [5.41, 5.74) is 0.529. The Morgan fingerprint density at radius 3 is 2.62 bits per heavy atom. The summed E-state index contributed by atoms with van der Waals surface area (Å²) in [4.78, 5) is 25.5. The van der Waals surface area contributed by atoms with E-state index in [2.05, 4.69) is 10.2 Å². The highest BCUT2D eigenvalue weighted by molar-refractivity contribution is 6.29. The predicted octanol–water partition coefficient (Wildman–Crippen LogP) is 0.524. The van der Waals surface area contributed by atoms with Crippen molar-refractivity contribution in [2.24, 2.45) is 0 Å². The van der Waals surface area contributed by atoms with E-state index in [1.165, 1.54) is 4.90 Å². The van der Waals surface area contributed by atoms with Gasteiger partial charge in [-0.1, -0.05) is 11.6 Å². The molecule has 3 amide bonds. The number of carbonyl (C=O) groups excluding carboxylic acids is 2. The molecular formula is C9H9ClN4O2. The first-order valence-corrected chi connectivity index (χ1v) is 4.99. The Bertz CT molecular complexity index is 434. The van der Waals surface area contributed by atoms with E-state index < -0.39 is 0 Å². The first kappa shape index (κ1) is 10.8. The number of rotatable bonds is 2. The molecule has 0 N–H and O–H groups in total. The second-order valence-corrected chi connectivity index (χ2v) is 3.85. The Labute approximate surface area is 96.8 Å². The second-order valence-electron chi connectivity index (χ2n) is 3.47. The van der Waals surface area contributed by atoms with Gasteiger partial charge in [0.15, 0.2) is 5.15 Å². The SMILES string of the molecule is CN1CC(=O)N(Cc2ccc(Cl)nn2)C1=O. The van der Waals surface area contributed by atoms with Crippen molar-refractivity contribution in [3.05, 3.63) is 23.0 Å². The van der Waals surface area contributed by atoms with Crippen molar-refractivity contribution in [3.63, 3.8) is 0 Å². The zero-order chi connectivity index (χ0) is 11.7. The molecule has 0 unspecified atom stereocenters. The highest BCUT2D eigenvalue weighted by Gasteiger charge is 2.33.